The zero-order chi connectivity index (χ0) is 32.0. The molecule has 2 aromatic rings. The van der Waals surface area contributed by atoms with Gasteiger partial charge in [0.05, 0.1) is 22.8 Å². The van der Waals surface area contributed by atoms with Gasteiger partial charge in [0.25, 0.3) is 0 Å². The highest BCUT2D eigenvalue weighted by Gasteiger charge is 2.14. The highest BCUT2D eigenvalue weighted by molar-refractivity contribution is 8.27. The van der Waals surface area contributed by atoms with E-state index in [0.717, 1.165) is 49.1 Å². The minimum atomic E-state index is -1.03. The summed E-state index contributed by atoms with van der Waals surface area (Å²) in [6, 6.07) is 12.6. The lowest BCUT2D eigenvalue weighted by Gasteiger charge is -2.18. The molecule has 234 valence electrons. The maximum Gasteiger partial charge on any atom is 0.0847 e. The molecular weight excluding hydrogens is 560 g/mol. The molecule has 0 aliphatic heterocycles. The smallest absolute Gasteiger partial charge is 0.0847 e. The fraction of sp³-hybridized carbons (Fsp3) is 0.457. The molecule has 0 aliphatic carbocycles. The molecule has 1 aromatic carbocycles. The molecule has 0 radical (unpaired) electrons. The summed E-state index contributed by atoms with van der Waals surface area (Å²) in [5, 5.41) is 3.43. The topological polar surface area (TPSA) is 49.6 Å². The van der Waals surface area contributed by atoms with Crippen LogP contribution in [0.25, 0.3) is 0 Å². The van der Waals surface area contributed by atoms with Gasteiger partial charge in [-0.3, -0.25) is 15.0 Å². The fourth-order valence-electron chi connectivity index (χ4n) is 3.98. The van der Waals surface area contributed by atoms with Gasteiger partial charge in [-0.25, -0.2) is 0 Å². The summed E-state index contributed by atoms with van der Waals surface area (Å²) in [4.78, 5) is 14.6. The summed E-state index contributed by atoms with van der Waals surface area (Å²) in [6.45, 7) is 15.1. The molecule has 7 heteroatoms. The lowest BCUT2D eigenvalue weighted by molar-refractivity contribution is 0.559. The SMILES string of the molecule is C=S(=C)(C)c1ccc(CC)cc1.CC.CCCC(CCC)C(/C=C(\C)NCc1cccnc1)=N/C(C)=C(/C=NC)SF. The van der Waals surface area contributed by atoms with E-state index in [9.17, 15) is 3.89 Å². The Morgan fingerprint density at radius 1 is 1.05 bits per heavy atom. The fourth-order valence-corrected chi connectivity index (χ4v) is 5.08. The van der Waals surface area contributed by atoms with Crippen LogP contribution < -0.4 is 5.32 Å². The molecule has 1 aromatic heterocycles. The Morgan fingerprint density at radius 3 is 2.12 bits per heavy atom. The predicted molar refractivity (Wildman–Crippen MR) is 195 cm³/mol. The number of hydrogen-bond donors (Lipinski definition) is 1. The van der Waals surface area contributed by atoms with E-state index >= 15 is 0 Å². The summed E-state index contributed by atoms with van der Waals surface area (Å²) >= 11 is 0.189. The Labute approximate surface area is 261 Å². The first-order valence-electron chi connectivity index (χ1n) is 14.9. The van der Waals surface area contributed by atoms with Crippen LogP contribution in [-0.4, -0.2) is 42.0 Å². The Bertz CT molecular complexity index is 1220. The van der Waals surface area contributed by atoms with Crippen molar-refractivity contribution in [1.29, 1.82) is 0 Å². The maximum atomic E-state index is 13.3. The van der Waals surface area contributed by atoms with Gasteiger partial charge < -0.3 is 5.32 Å². The molecule has 0 atom stereocenters. The number of pyridine rings is 1. The summed E-state index contributed by atoms with van der Waals surface area (Å²) in [5.74, 6) is 8.49. The number of aryl methyl sites for hydroxylation is 1. The van der Waals surface area contributed by atoms with Crippen molar-refractivity contribution in [2.75, 3.05) is 13.3 Å². The van der Waals surface area contributed by atoms with Crippen molar-refractivity contribution < 1.29 is 3.89 Å². The summed E-state index contributed by atoms with van der Waals surface area (Å²) in [5.41, 5.74) is 5.18. The molecule has 42 heavy (non-hydrogen) atoms. The number of halogens is 1. The molecule has 0 bridgehead atoms. The molecule has 2 rings (SSSR count). The van der Waals surface area contributed by atoms with Crippen LogP contribution in [0.2, 0.25) is 0 Å². The highest BCUT2D eigenvalue weighted by Crippen LogP contribution is 2.27. The number of nitrogens with zero attached hydrogens (tertiary/aromatic N) is 3. The van der Waals surface area contributed by atoms with Crippen LogP contribution in [0.3, 0.4) is 0 Å². The van der Waals surface area contributed by atoms with Crippen molar-refractivity contribution >= 4 is 45.0 Å². The van der Waals surface area contributed by atoms with E-state index in [-0.39, 0.29) is 12.1 Å². The second-order valence-electron chi connectivity index (χ2n) is 10.0. The van der Waals surface area contributed by atoms with Crippen molar-refractivity contribution in [1.82, 2.24) is 10.3 Å². The van der Waals surface area contributed by atoms with Crippen LogP contribution in [0, 0.1) is 5.92 Å². The number of allylic oxidation sites excluding steroid dienone is 4. The third kappa shape index (κ3) is 16.1. The minimum Gasteiger partial charge on any atom is -0.384 e. The number of hydrogen-bond acceptors (Lipinski definition) is 5. The van der Waals surface area contributed by atoms with Crippen molar-refractivity contribution in [3.63, 3.8) is 0 Å². The van der Waals surface area contributed by atoms with E-state index in [1.165, 1.54) is 16.7 Å². The van der Waals surface area contributed by atoms with Crippen molar-refractivity contribution in [3.8, 4) is 0 Å². The first kappa shape index (κ1) is 39.4. The van der Waals surface area contributed by atoms with Crippen LogP contribution >= 0.6 is 21.4 Å². The number of benzene rings is 1. The van der Waals surface area contributed by atoms with E-state index < -0.39 is 9.21 Å². The molecule has 0 spiro atoms. The van der Waals surface area contributed by atoms with Gasteiger partial charge in [0, 0.05) is 49.5 Å². The molecule has 0 saturated heterocycles. The third-order valence-electron chi connectivity index (χ3n) is 6.23. The Kier molecular flexibility index (Phi) is 21.5. The summed E-state index contributed by atoms with van der Waals surface area (Å²) < 4.78 is 13.3. The molecule has 1 N–H and O–H groups in total. The van der Waals surface area contributed by atoms with E-state index in [4.69, 9.17) is 4.99 Å². The number of nitrogens with one attached hydrogen (secondary N) is 1. The van der Waals surface area contributed by atoms with Crippen LogP contribution in [-0.2, 0) is 13.0 Å². The summed E-state index contributed by atoms with van der Waals surface area (Å²) in [7, 11) is 0.609. The second-order valence-corrected chi connectivity index (χ2v) is 13.7. The lowest BCUT2D eigenvalue weighted by Crippen LogP contribution is -2.17. The van der Waals surface area contributed by atoms with Crippen LogP contribution in [0.1, 0.15) is 85.3 Å². The van der Waals surface area contributed by atoms with Crippen molar-refractivity contribution in [2.24, 2.45) is 15.9 Å². The monoisotopic (exact) mass is 614 g/mol. The van der Waals surface area contributed by atoms with E-state index in [0.29, 0.717) is 23.1 Å². The molecule has 1 heterocycles. The first-order chi connectivity index (χ1) is 20.1. The average Bonchev–Trinajstić information content (AvgIpc) is 2.99. The number of aliphatic imine (C=N–C) groups is 2. The van der Waals surface area contributed by atoms with Gasteiger partial charge in [0.15, 0.2) is 0 Å². The van der Waals surface area contributed by atoms with Gasteiger partial charge in [0.2, 0.25) is 0 Å². The predicted octanol–water partition coefficient (Wildman–Crippen LogP) is 10.2. The zero-order valence-electron chi connectivity index (χ0n) is 27.5. The van der Waals surface area contributed by atoms with Crippen molar-refractivity contribution in [3.05, 3.63) is 82.3 Å². The number of aromatic nitrogens is 1. The van der Waals surface area contributed by atoms with Gasteiger partial charge in [-0.2, -0.15) is 13.1 Å². The first-order valence-corrected chi connectivity index (χ1v) is 18.0. The van der Waals surface area contributed by atoms with Gasteiger partial charge in [-0.1, -0.05) is 77.4 Å². The van der Waals surface area contributed by atoms with Gasteiger partial charge in [0.1, 0.15) is 0 Å². The maximum absolute atomic E-state index is 13.3. The van der Waals surface area contributed by atoms with Gasteiger partial charge in [-0.15, -0.1) is 0 Å². The average molecular weight is 615 g/mol. The quantitative estimate of drug-likeness (QED) is 0.170. The Morgan fingerprint density at radius 2 is 1.67 bits per heavy atom. The van der Waals surface area contributed by atoms with E-state index in [2.05, 4.69) is 84.4 Å². The van der Waals surface area contributed by atoms with Crippen LogP contribution in [0.15, 0.2) is 86.0 Å². The number of rotatable bonds is 14. The van der Waals surface area contributed by atoms with E-state index in [1.807, 2.05) is 46.0 Å². The zero-order valence-corrected chi connectivity index (χ0v) is 29.2. The molecule has 0 aliphatic rings. The highest BCUT2D eigenvalue weighted by atomic mass is 32.2. The van der Waals surface area contributed by atoms with Crippen LogP contribution in [0.5, 0.6) is 0 Å². The molecule has 0 amide bonds. The molecule has 0 saturated carbocycles. The largest absolute Gasteiger partial charge is 0.384 e. The molecule has 4 nitrogen and oxygen atoms in total. The Hall–Kier alpha value is -2.64. The third-order valence-corrected chi connectivity index (χ3v) is 8.21. The van der Waals surface area contributed by atoms with Gasteiger partial charge in [-0.05, 0) is 79.7 Å². The van der Waals surface area contributed by atoms with Crippen LogP contribution in [0.4, 0.5) is 3.89 Å². The Balaban J connectivity index is 0.000000994. The minimum absolute atomic E-state index is 0.189. The van der Waals surface area contributed by atoms with E-state index in [1.54, 1.807) is 13.2 Å². The molecule has 0 unspecified atom stereocenters. The molecular formula is C35H55FN4S2. The molecule has 0 fully saturated rings. The lowest BCUT2D eigenvalue weighted by atomic mass is 9.92. The normalized spacial score (nSPS) is 12.7. The summed E-state index contributed by atoms with van der Waals surface area (Å²) in [6.07, 6.45) is 14.7. The van der Waals surface area contributed by atoms with Crippen molar-refractivity contribution in [2.45, 2.75) is 92.0 Å². The second kappa shape index (κ2) is 22.9. The standard InChI is InChI=1S/C22H33FN4S.C11H16S.C2H6/c1-6-9-20(10-7-2)21(27-18(4)22(28-23)16-24-5)13-17(3)26-15-19-11-8-12-25-14-19;1-5-10-6-8-11(9-7-10)12(2,3)4;1-2/h8,11-14,16,20,26H,6-7,9-10,15H2,1-5H3;6-9H,2-3,5H2,1,4H3;1-2H3/b17-13+,22-18-,24-16?,27-21+;;. The van der Waals surface area contributed by atoms with Gasteiger partial charge >= 0.3 is 0 Å².